The second-order valence-electron chi connectivity index (χ2n) is 4.96. The van der Waals surface area contributed by atoms with Gasteiger partial charge in [0.2, 0.25) is 0 Å². The fraction of sp³-hybridized carbons (Fsp3) is 0. The second kappa shape index (κ2) is 4.57. The largest absolute Gasteiger partial charge is 0.478 e. The number of benzene rings is 2. The van der Waals surface area contributed by atoms with E-state index in [0.717, 1.165) is 26.4 Å². The van der Waals surface area contributed by atoms with Crippen LogP contribution in [0.1, 0.15) is 10.4 Å². The molecule has 2 aromatic carbocycles. The van der Waals surface area contributed by atoms with Gasteiger partial charge in [-0.15, -0.1) is 0 Å². The van der Waals surface area contributed by atoms with Crippen LogP contribution in [0.4, 0.5) is 5.69 Å². The van der Waals surface area contributed by atoms with Crippen molar-refractivity contribution in [1.29, 1.82) is 0 Å². The molecule has 0 aliphatic carbocycles. The zero-order valence-corrected chi connectivity index (χ0v) is 12.2. The summed E-state index contributed by atoms with van der Waals surface area (Å²) in [6.07, 6.45) is 1.95. The van der Waals surface area contributed by atoms with E-state index >= 15 is 0 Å². The van der Waals surface area contributed by atoms with Crippen molar-refractivity contribution in [3.8, 4) is 11.3 Å². The van der Waals surface area contributed by atoms with E-state index in [9.17, 15) is 4.79 Å². The van der Waals surface area contributed by atoms with Gasteiger partial charge in [0.1, 0.15) is 0 Å². The van der Waals surface area contributed by atoms with Gasteiger partial charge in [-0.2, -0.15) is 0 Å². The van der Waals surface area contributed by atoms with E-state index in [0.29, 0.717) is 0 Å². The minimum Gasteiger partial charge on any atom is -0.478 e. The van der Waals surface area contributed by atoms with Crippen molar-refractivity contribution in [2.45, 2.75) is 0 Å². The number of imidazole rings is 1. The van der Waals surface area contributed by atoms with E-state index < -0.39 is 5.97 Å². The Kier molecular flexibility index (Phi) is 2.67. The normalized spacial score (nSPS) is 11.3. The first-order chi connectivity index (χ1) is 10.6. The molecule has 4 aromatic rings. The summed E-state index contributed by atoms with van der Waals surface area (Å²) in [5.74, 6) is -1.02. The van der Waals surface area contributed by atoms with Gasteiger partial charge in [-0.3, -0.25) is 4.40 Å². The van der Waals surface area contributed by atoms with Gasteiger partial charge < -0.3 is 10.8 Å². The highest BCUT2D eigenvalue weighted by Crippen LogP contribution is 2.32. The number of rotatable bonds is 2. The van der Waals surface area contributed by atoms with Crippen molar-refractivity contribution in [1.82, 2.24) is 9.38 Å². The van der Waals surface area contributed by atoms with Gasteiger partial charge in [-0.25, -0.2) is 9.78 Å². The predicted octanol–water partition coefficient (Wildman–Crippen LogP) is 3.50. The molecule has 0 saturated heterocycles. The van der Waals surface area contributed by atoms with Crippen molar-refractivity contribution >= 4 is 38.2 Å². The number of thiazole rings is 1. The number of aromatic carboxylic acids is 1. The molecule has 0 radical (unpaired) electrons. The van der Waals surface area contributed by atoms with Crippen LogP contribution in [-0.2, 0) is 0 Å². The number of anilines is 1. The lowest BCUT2D eigenvalue weighted by Crippen LogP contribution is -2.01. The van der Waals surface area contributed by atoms with Gasteiger partial charge in [0.25, 0.3) is 0 Å². The van der Waals surface area contributed by atoms with E-state index in [-0.39, 0.29) is 11.3 Å². The van der Waals surface area contributed by atoms with Crippen LogP contribution in [-0.4, -0.2) is 20.5 Å². The van der Waals surface area contributed by atoms with E-state index in [1.807, 2.05) is 40.9 Å². The fourth-order valence-corrected chi connectivity index (χ4v) is 3.52. The van der Waals surface area contributed by atoms with Crippen molar-refractivity contribution in [3.05, 3.63) is 54.2 Å². The zero-order chi connectivity index (χ0) is 15.3. The van der Waals surface area contributed by atoms with Crippen LogP contribution in [0.15, 0.2) is 48.7 Å². The van der Waals surface area contributed by atoms with Crippen molar-refractivity contribution in [3.63, 3.8) is 0 Å². The summed E-state index contributed by atoms with van der Waals surface area (Å²) in [6, 6.07) is 13.2. The molecule has 108 valence electrons. The maximum Gasteiger partial charge on any atom is 0.337 e. The quantitative estimate of drug-likeness (QED) is 0.555. The first-order valence-corrected chi connectivity index (χ1v) is 7.45. The Balaban J connectivity index is 1.95. The molecule has 3 N–H and O–H groups in total. The number of nitrogen functional groups attached to an aromatic ring is 1. The minimum atomic E-state index is -1.02. The van der Waals surface area contributed by atoms with Crippen LogP contribution >= 0.6 is 11.3 Å². The van der Waals surface area contributed by atoms with Crippen molar-refractivity contribution in [2.75, 3.05) is 5.73 Å². The third-order valence-electron chi connectivity index (χ3n) is 3.57. The number of hydrogen-bond donors (Lipinski definition) is 2. The molecule has 0 fully saturated rings. The van der Waals surface area contributed by atoms with Crippen LogP contribution in [0.2, 0.25) is 0 Å². The summed E-state index contributed by atoms with van der Waals surface area (Å²) >= 11 is 1.45. The smallest absolute Gasteiger partial charge is 0.337 e. The Labute approximate surface area is 129 Å². The SMILES string of the molecule is Nc1cc2c(cc1C(=O)O)sc1nc(-c3ccccc3)cn12. The Morgan fingerprint density at radius 2 is 2.00 bits per heavy atom. The number of carboxylic acid groups (broad SMARTS) is 1. The molecule has 6 heteroatoms. The number of fused-ring (bicyclic) bond motifs is 3. The van der Waals surface area contributed by atoms with Gasteiger partial charge in [-0.05, 0) is 12.1 Å². The summed E-state index contributed by atoms with van der Waals surface area (Å²) < 4.78 is 2.80. The van der Waals surface area contributed by atoms with Gasteiger partial charge >= 0.3 is 5.97 Å². The molecule has 0 bridgehead atoms. The highest BCUT2D eigenvalue weighted by Gasteiger charge is 2.15. The van der Waals surface area contributed by atoms with Gasteiger partial charge in [-0.1, -0.05) is 41.7 Å². The number of nitrogens with zero attached hydrogens (tertiary/aromatic N) is 2. The lowest BCUT2D eigenvalue weighted by molar-refractivity contribution is 0.0698. The minimum absolute atomic E-state index is 0.125. The Morgan fingerprint density at radius 1 is 1.23 bits per heavy atom. The van der Waals surface area contributed by atoms with Crippen molar-refractivity contribution in [2.24, 2.45) is 0 Å². The molecule has 0 aliphatic rings. The standard InChI is InChI=1S/C16H11N3O2S/c17-11-7-13-14(6-10(11)15(20)21)22-16-18-12(8-19(13)16)9-4-2-1-3-5-9/h1-8H,17H2,(H,20,21). The summed E-state index contributed by atoms with van der Waals surface area (Å²) in [7, 11) is 0. The monoisotopic (exact) mass is 309 g/mol. The van der Waals surface area contributed by atoms with Crippen LogP contribution < -0.4 is 5.73 Å². The Morgan fingerprint density at radius 3 is 2.73 bits per heavy atom. The van der Waals surface area contributed by atoms with E-state index in [1.165, 1.54) is 11.3 Å². The highest BCUT2D eigenvalue weighted by molar-refractivity contribution is 7.23. The van der Waals surface area contributed by atoms with Crippen LogP contribution in [0.5, 0.6) is 0 Å². The summed E-state index contributed by atoms with van der Waals surface area (Å²) in [6.45, 7) is 0. The molecule has 2 aromatic heterocycles. The second-order valence-corrected chi connectivity index (χ2v) is 5.97. The van der Waals surface area contributed by atoms with Gasteiger partial charge in [0, 0.05) is 17.4 Å². The third-order valence-corrected chi connectivity index (χ3v) is 4.58. The van der Waals surface area contributed by atoms with E-state index in [4.69, 9.17) is 10.8 Å². The topological polar surface area (TPSA) is 80.6 Å². The van der Waals surface area contributed by atoms with Crippen LogP contribution in [0.25, 0.3) is 26.4 Å². The molecular formula is C16H11N3O2S. The summed E-state index contributed by atoms with van der Waals surface area (Å²) in [4.78, 5) is 16.6. The molecule has 0 unspecified atom stereocenters. The van der Waals surface area contributed by atoms with Gasteiger partial charge in [0.15, 0.2) is 4.96 Å². The highest BCUT2D eigenvalue weighted by atomic mass is 32.1. The molecule has 5 nitrogen and oxygen atoms in total. The fourth-order valence-electron chi connectivity index (χ4n) is 2.49. The molecule has 4 rings (SSSR count). The molecule has 0 spiro atoms. The molecular weight excluding hydrogens is 298 g/mol. The number of carbonyl (C=O) groups is 1. The maximum absolute atomic E-state index is 11.2. The Bertz CT molecular complexity index is 1020. The molecule has 0 atom stereocenters. The average Bonchev–Trinajstić information content (AvgIpc) is 3.05. The number of hydrogen-bond acceptors (Lipinski definition) is 4. The summed E-state index contributed by atoms with van der Waals surface area (Å²) in [5.41, 5.74) is 9.03. The molecule has 0 saturated carbocycles. The van der Waals surface area contributed by atoms with Crippen LogP contribution in [0.3, 0.4) is 0 Å². The predicted molar refractivity (Wildman–Crippen MR) is 87.4 cm³/mol. The number of carboxylic acids is 1. The lowest BCUT2D eigenvalue weighted by Gasteiger charge is -2.00. The van der Waals surface area contributed by atoms with Gasteiger partial charge in [0.05, 0.1) is 21.5 Å². The average molecular weight is 309 g/mol. The lowest BCUT2D eigenvalue weighted by atomic mass is 10.1. The summed E-state index contributed by atoms with van der Waals surface area (Å²) in [5, 5.41) is 9.15. The first-order valence-electron chi connectivity index (χ1n) is 6.63. The first kappa shape index (κ1) is 12.8. The van der Waals surface area contributed by atoms with E-state index in [2.05, 4.69) is 4.98 Å². The zero-order valence-electron chi connectivity index (χ0n) is 11.4. The van der Waals surface area contributed by atoms with E-state index in [1.54, 1.807) is 12.1 Å². The molecule has 0 amide bonds. The number of aromatic nitrogens is 2. The van der Waals surface area contributed by atoms with Crippen LogP contribution in [0, 0.1) is 0 Å². The molecule has 2 heterocycles. The van der Waals surface area contributed by atoms with Crippen molar-refractivity contribution < 1.29 is 9.90 Å². The molecule has 0 aliphatic heterocycles. The third kappa shape index (κ3) is 1.85. The number of nitrogens with two attached hydrogens (primary N) is 1. The maximum atomic E-state index is 11.2. The Hall–Kier alpha value is -2.86. The molecule has 22 heavy (non-hydrogen) atoms.